The average molecular weight is 599 g/mol. The molecule has 0 radical (unpaired) electrons. The van der Waals surface area contributed by atoms with E-state index in [1.165, 1.54) is 62.6 Å². The number of urea groups is 1. The fourth-order valence-electron chi connectivity index (χ4n) is 6.98. The van der Waals surface area contributed by atoms with Crippen molar-refractivity contribution < 1.29 is 14.0 Å². The molecular formula is C32H47FN6O2S. The third-order valence-electron chi connectivity index (χ3n) is 9.26. The fourth-order valence-corrected chi connectivity index (χ4v) is 7.84. The van der Waals surface area contributed by atoms with Gasteiger partial charge in [-0.3, -0.25) is 10.1 Å². The minimum atomic E-state index is -0.239. The Morgan fingerprint density at radius 2 is 1.67 bits per heavy atom. The number of aryl methyl sites for hydroxylation is 1. The van der Waals surface area contributed by atoms with Crippen molar-refractivity contribution >= 4 is 28.3 Å². The van der Waals surface area contributed by atoms with Gasteiger partial charge in [-0.1, -0.05) is 23.5 Å². The molecule has 1 aromatic heterocycles. The number of ketones is 1. The van der Waals surface area contributed by atoms with Crippen molar-refractivity contribution in [2.75, 3.05) is 64.2 Å². The summed E-state index contributed by atoms with van der Waals surface area (Å²) in [5.74, 6) is 0.753. The van der Waals surface area contributed by atoms with Gasteiger partial charge in [-0.15, -0.1) is 0 Å². The highest BCUT2D eigenvalue weighted by Gasteiger charge is 2.32. The number of hydrogen-bond acceptors (Lipinski definition) is 7. The summed E-state index contributed by atoms with van der Waals surface area (Å²) in [4.78, 5) is 37.6. The van der Waals surface area contributed by atoms with Crippen molar-refractivity contribution in [1.82, 2.24) is 25.0 Å². The van der Waals surface area contributed by atoms with E-state index in [0.717, 1.165) is 65.1 Å². The Morgan fingerprint density at radius 3 is 2.40 bits per heavy atom. The van der Waals surface area contributed by atoms with Crippen LogP contribution in [-0.4, -0.2) is 96.4 Å². The van der Waals surface area contributed by atoms with E-state index < -0.39 is 0 Å². The van der Waals surface area contributed by atoms with E-state index in [1.54, 1.807) is 19.1 Å². The van der Waals surface area contributed by atoms with Gasteiger partial charge in [0, 0.05) is 45.7 Å². The molecule has 2 N–H and O–H groups in total. The highest BCUT2D eigenvalue weighted by Crippen LogP contribution is 2.26. The second-order valence-corrected chi connectivity index (χ2v) is 13.5. The molecule has 3 fully saturated rings. The first-order valence-electron chi connectivity index (χ1n) is 15.8. The first-order valence-corrected chi connectivity index (χ1v) is 16.6. The number of Topliss-reactive ketones (excluding diaryl/α,β-unsaturated/α-hetero) is 1. The Labute approximate surface area is 254 Å². The van der Waals surface area contributed by atoms with Gasteiger partial charge in [0.25, 0.3) is 0 Å². The van der Waals surface area contributed by atoms with Crippen LogP contribution in [-0.2, 0) is 6.42 Å². The summed E-state index contributed by atoms with van der Waals surface area (Å²) in [6.07, 6.45) is 8.00. The van der Waals surface area contributed by atoms with Crippen molar-refractivity contribution in [3.8, 4) is 0 Å². The number of piperidine rings is 2. The zero-order valence-corrected chi connectivity index (χ0v) is 26.1. The molecule has 0 saturated carbocycles. The normalized spacial score (nSPS) is 24.1. The summed E-state index contributed by atoms with van der Waals surface area (Å²) in [6.45, 7) is 13.2. The molecule has 230 valence electrons. The Hall–Kier alpha value is -2.40. The molecule has 10 heteroatoms. The number of carbonyl (C=O) groups is 2. The molecule has 3 aliphatic rings. The number of likely N-dealkylation sites (tertiary alicyclic amines) is 3. The van der Waals surface area contributed by atoms with Crippen LogP contribution < -0.4 is 10.6 Å². The zero-order chi connectivity index (χ0) is 29.5. The molecule has 3 aliphatic heterocycles. The minimum absolute atomic E-state index is 0.0301. The molecule has 8 nitrogen and oxygen atoms in total. The summed E-state index contributed by atoms with van der Waals surface area (Å²) in [5.41, 5.74) is 1.87. The van der Waals surface area contributed by atoms with E-state index >= 15 is 0 Å². The van der Waals surface area contributed by atoms with E-state index in [-0.39, 0.29) is 23.7 Å². The lowest BCUT2D eigenvalue weighted by molar-refractivity contribution is 0.102. The van der Waals surface area contributed by atoms with E-state index in [4.69, 9.17) is 0 Å². The number of nitrogens with one attached hydrogen (secondary N) is 2. The van der Waals surface area contributed by atoms with Crippen LogP contribution in [0.2, 0.25) is 0 Å². The second kappa shape index (κ2) is 14.9. The van der Waals surface area contributed by atoms with E-state index in [0.29, 0.717) is 27.5 Å². The molecule has 2 aromatic rings. The summed E-state index contributed by atoms with van der Waals surface area (Å²) < 4.78 is 13.4. The smallest absolute Gasteiger partial charge is 0.321 e. The van der Waals surface area contributed by atoms with Crippen LogP contribution in [0.5, 0.6) is 0 Å². The monoisotopic (exact) mass is 598 g/mol. The molecule has 4 heterocycles. The lowest BCUT2D eigenvalue weighted by Gasteiger charge is -2.41. The number of thiazole rings is 1. The summed E-state index contributed by atoms with van der Waals surface area (Å²) in [7, 11) is 0. The van der Waals surface area contributed by atoms with Crippen molar-refractivity contribution in [2.24, 2.45) is 11.8 Å². The maximum atomic E-state index is 13.4. The van der Waals surface area contributed by atoms with Crippen molar-refractivity contribution in [3.63, 3.8) is 0 Å². The molecule has 42 heavy (non-hydrogen) atoms. The van der Waals surface area contributed by atoms with Gasteiger partial charge in [0.2, 0.25) is 0 Å². The van der Waals surface area contributed by atoms with E-state index in [1.807, 2.05) is 12.1 Å². The molecule has 0 spiro atoms. The average Bonchev–Trinajstić information content (AvgIpc) is 3.62. The summed E-state index contributed by atoms with van der Waals surface area (Å²) >= 11 is 1.24. The number of nitrogens with zero attached hydrogens (tertiary/aromatic N) is 4. The highest BCUT2D eigenvalue weighted by molar-refractivity contribution is 7.17. The third kappa shape index (κ3) is 8.81. The molecule has 1 unspecified atom stereocenters. The standard InChI is InChI=1S/C32H47FN6O2S/c1-23-30(24(2)40)42-32(34-23)36-31(41)35-29-12-17-39(19-18-37-13-3-4-14-37)22-27(29)11-16-38-15-5-6-26(21-38)20-25-7-9-28(33)10-8-25/h7-10,26-27,29H,3-6,11-22H2,1-2H3,(H2,34,35,36,41)/t26?,27-,29-/m1/s1. The third-order valence-corrected chi connectivity index (χ3v) is 10.4. The number of aromatic nitrogens is 1. The molecular weight excluding hydrogens is 551 g/mol. The van der Waals surface area contributed by atoms with Crippen LogP contribution in [0.25, 0.3) is 0 Å². The number of halogens is 1. The molecule has 1 aromatic carbocycles. The predicted molar refractivity (Wildman–Crippen MR) is 167 cm³/mol. The number of rotatable bonds is 11. The van der Waals surface area contributed by atoms with Crippen molar-refractivity contribution in [2.45, 2.75) is 64.8 Å². The molecule has 5 rings (SSSR count). The molecule has 3 saturated heterocycles. The van der Waals surface area contributed by atoms with Crippen molar-refractivity contribution in [1.29, 1.82) is 0 Å². The Morgan fingerprint density at radius 1 is 0.952 bits per heavy atom. The van der Waals surface area contributed by atoms with Crippen molar-refractivity contribution in [3.05, 3.63) is 46.2 Å². The van der Waals surface area contributed by atoms with Gasteiger partial charge in [0.05, 0.1) is 10.6 Å². The lowest BCUT2D eigenvalue weighted by Crippen LogP contribution is -2.53. The van der Waals surface area contributed by atoms with Crippen LogP contribution in [0.3, 0.4) is 0 Å². The number of amides is 2. The van der Waals surface area contributed by atoms with Gasteiger partial charge < -0.3 is 20.0 Å². The number of benzene rings is 1. The maximum absolute atomic E-state index is 13.4. The van der Waals surface area contributed by atoms with Crippen LogP contribution in [0.1, 0.15) is 66.4 Å². The van der Waals surface area contributed by atoms with Gasteiger partial charge in [-0.25, -0.2) is 14.2 Å². The maximum Gasteiger partial charge on any atom is 0.321 e. The predicted octanol–water partition coefficient (Wildman–Crippen LogP) is 5.05. The zero-order valence-electron chi connectivity index (χ0n) is 25.2. The minimum Gasteiger partial charge on any atom is -0.335 e. The van der Waals surface area contributed by atoms with Crippen LogP contribution in [0.15, 0.2) is 24.3 Å². The largest absolute Gasteiger partial charge is 0.335 e. The van der Waals surface area contributed by atoms with Gasteiger partial charge in [0.1, 0.15) is 5.82 Å². The van der Waals surface area contributed by atoms with Gasteiger partial charge in [0.15, 0.2) is 10.9 Å². The first-order chi connectivity index (χ1) is 20.3. The first kappa shape index (κ1) is 31.0. The topological polar surface area (TPSA) is 80.8 Å². The Bertz CT molecular complexity index is 1180. The molecule has 3 atom stereocenters. The van der Waals surface area contributed by atoms with Crippen LogP contribution in [0.4, 0.5) is 14.3 Å². The summed E-state index contributed by atoms with van der Waals surface area (Å²) in [5, 5.41) is 6.63. The Balaban J connectivity index is 1.16. The molecule has 0 bridgehead atoms. The van der Waals surface area contributed by atoms with E-state index in [9.17, 15) is 14.0 Å². The van der Waals surface area contributed by atoms with Gasteiger partial charge in [-0.05, 0) is 108 Å². The quantitative estimate of drug-likeness (QED) is 0.353. The SMILES string of the molecule is CC(=O)c1sc(NC(=O)N[C@@H]2CCN(CCN3CCCC3)C[C@H]2CCN2CCCC(Cc3ccc(F)cc3)C2)nc1C. The van der Waals surface area contributed by atoms with E-state index in [2.05, 4.69) is 30.3 Å². The fraction of sp³-hybridized carbons (Fsp3) is 0.656. The van der Waals surface area contributed by atoms with Crippen LogP contribution in [0, 0.1) is 24.6 Å². The Kier molecular flexibility index (Phi) is 11.0. The van der Waals surface area contributed by atoms with Gasteiger partial charge in [-0.2, -0.15) is 0 Å². The second-order valence-electron chi connectivity index (χ2n) is 12.5. The van der Waals surface area contributed by atoms with Gasteiger partial charge >= 0.3 is 6.03 Å². The lowest BCUT2D eigenvalue weighted by atomic mass is 9.87. The molecule has 2 amide bonds. The summed E-state index contributed by atoms with van der Waals surface area (Å²) in [6, 6.07) is 6.83. The number of carbonyl (C=O) groups excluding carboxylic acids is 2. The highest BCUT2D eigenvalue weighted by atomic mass is 32.1. The number of hydrogen-bond donors (Lipinski definition) is 2. The number of anilines is 1. The molecule has 0 aliphatic carbocycles. The van der Waals surface area contributed by atoms with Crippen LogP contribution >= 0.6 is 11.3 Å².